The van der Waals surface area contributed by atoms with Gasteiger partial charge in [-0.3, -0.25) is 19.7 Å². The molecule has 39 heavy (non-hydrogen) atoms. The fourth-order valence-electron chi connectivity index (χ4n) is 5.06. The van der Waals surface area contributed by atoms with Crippen molar-refractivity contribution in [1.29, 1.82) is 0 Å². The van der Waals surface area contributed by atoms with Gasteiger partial charge in [0.2, 0.25) is 17.7 Å². The molecule has 12 heteroatoms. The Morgan fingerprint density at radius 2 is 1.85 bits per heavy atom. The summed E-state index contributed by atoms with van der Waals surface area (Å²) in [6.45, 7) is 0.245. The van der Waals surface area contributed by atoms with Crippen molar-refractivity contribution in [2.75, 3.05) is 27.9 Å². The second-order valence-corrected chi connectivity index (χ2v) is 9.29. The largest absolute Gasteiger partial charge is 0.497 e. The maximum Gasteiger partial charge on any atom is 0.319 e. The number of methoxy groups -OCH3 is 3. The van der Waals surface area contributed by atoms with Crippen molar-refractivity contribution >= 4 is 28.8 Å². The fraction of sp³-hybridized carbons (Fsp3) is 0.259. The van der Waals surface area contributed by atoms with Gasteiger partial charge in [-0.15, -0.1) is 0 Å². The van der Waals surface area contributed by atoms with E-state index in [1.807, 2.05) is 6.07 Å². The number of amides is 3. The summed E-state index contributed by atoms with van der Waals surface area (Å²) in [7, 11) is 4.46. The summed E-state index contributed by atoms with van der Waals surface area (Å²) in [6.07, 6.45) is 1.37. The molecule has 0 saturated carbocycles. The van der Waals surface area contributed by atoms with E-state index in [0.29, 0.717) is 40.2 Å². The second-order valence-electron chi connectivity index (χ2n) is 9.29. The standard InChI is InChI=1S/C27H23N5O7/c1-36-15-5-4-14-12-32(24(34)16(14)8-15)13-27(10-22(33)30-25(27)35)21-9-19-20(39-21)7-6-18(29-19)17-11-28-26(38-3)31-23(17)37-2/h4-9,11H,10,12-13H2,1-3H3,(H,30,33,35)/t27-/m1/s1. The third-order valence-electron chi connectivity index (χ3n) is 7.04. The number of carbonyl (C=O) groups excluding carboxylic acids is 3. The molecule has 198 valence electrons. The first-order chi connectivity index (χ1) is 18.8. The minimum absolute atomic E-state index is 0.0484. The monoisotopic (exact) mass is 529 g/mol. The normalized spacial score (nSPS) is 18.4. The molecule has 0 radical (unpaired) electrons. The van der Waals surface area contributed by atoms with E-state index in [0.717, 1.165) is 5.56 Å². The smallest absolute Gasteiger partial charge is 0.319 e. The third-order valence-corrected chi connectivity index (χ3v) is 7.04. The van der Waals surface area contributed by atoms with E-state index in [4.69, 9.17) is 18.6 Å². The molecular weight excluding hydrogens is 506 g/mol. The highest BCUT2D eigenvalue weighted by molar-refractivity contribution is 6.10. The van der Waals surface area contributed by atoms with Gasteiger partial charge in [-0.1, -0.05) is 6.07 Å². The molecule has 0 aliphatic carbocycles. The van der Waals surface area contributed by atoms with E-state index in [9.17, 15) is 14.4 Å². The average Bonchev–Trinajstić information content (AvgIpc) is 3.61. The highest BCUT2D eigenvalue weighted by Crippen LogP contribution is 2.39. The van der Waals surface area contributed by atoms with Crippen LogP contribution in [0, 0.1) is 0 Å². The van der Waals surface area contributed by atoms with Crippen molar-refractivity contribution < 1.29 is 33.0 Å². The van der Waals surface area contributed by atoms with Gasteiger partial charge in [0.25, 0.3) is 5.91 Å². The number of nitrogens with one attached hydrogen (secondary N) is 1. The summed E-state index contributed by atoms with van der Waals surface area (Å²) in [4.78, 5) is 53.5. The zero-order valence-electron chi connectivity index (χ0n) is 21.3. The lowest BCUT2D eigenvalue weighted by Crippen LogP contribution is -2.46. The average molecular weight is 530 g/mol. The Hall–Kier alpha value is -5.00. The highest BCUT2D eigenvalue weighted by Gasteiger charge is 2.53. The van der Waals surface area contributed by atoms with E-state index in [2.05, 4.69) is 20.3 Å². The van der Waals surface area contributed by atoms with Gasteiger partial charge in [-0.25, -0.2) is 9.97 Å². The van der Waals surface area contributed by atoms with Crippen LogP contribution < -0.4 is 19.5 Å². The Morgan fingerprint density at radius 1 is 1.00 bits per heavy atom. The molecule has 0 spiro atoms. The van der Waals surface area contributed by atoms with Crippen molar-refractivity contribution in [2.24, 2.45) is 0 Å². The predicted molar refractivity (Wildman–Crippen MR) is 135 cm³/mol. The summed E-state index contributed by atoms with van der Waals surface area (Å²) in [5.74, 6) is -0.148. The third kappa shape index (κ3) is 3.92. The van der Waals surface area contributed by atoms with Crippen LogP contribution in [0.4, 0.5) is 0 Å². The number of imide groups is 1. The Kier molecular flexibility index (Phi) is 5.67. The molecule has 2 aliphatic rings. The zero-order valence-corrected chi connectivity index (χ0v) is 21.3. The van der Waals surface area contributed by atoms with Gasteiger partial charge in [-0.2, -0.15) is 4.98 Å². The van der Waals surface area contributed by atoms with Crippen LogP contribution >= 0.6 is 0 Å². The summed E-state index contributed by atoms with van der Waals surface area (Å²) in [5.41, 5.74) is 1.80. The van der Waals surface area contributed by atoms with Crippen molar-refractivity contribution in [3.05, 3.63) is 59.5 Å². The number of furan rings is 1. The summed E-state index contributed by atoms with van der Waals surface area (Å²) >= 11 is 0. The molecule has 5 heterocycles. The van der Waals surface area contributed by atoms with Gasteiger partial charge in [0.15, 0.2) is 5.58 Å². The van der Waals surface area contributed by atoms with Crippen LogP contribution in [-0.2, 0) is 21.5 Å². The zero-order chi connectivity index (χ0) is 27.3. The second kappa shape index (κ2) is 9.08. The van der Waals surface area contributed by atoms with E-state index < -0.39 is 17.2 Å². The number of pyridine rings is 1. The van der Waals surface area contributed by atoms with E-state index in [1.54, 1.807) is 35.2 Å². The first-order valence-corrected chi connectivity index (χ1v) is 12.0. The quantitative estimate of drug-likeness (QED) is 0.354. The maximum atomic E-state index is 13.3. The van der Waals surface area contributed by atoms with Crippen LogP contribution in [0.5, 0.6) is 17.6 Å². The molecule has 12 nitrogen and oxygen atoms in total. The minimum atomic E-state index is -1.42. The minimum Gasteiger partial charge on any atom is -0.497 e. The van der Waals surface area contributed by atoms with E-state index >= 15 is 0 Å². The van der Waals surface area contributed by atoms with Crippen LogP contribution in [0.1, 0.15) is 28.1 Å². The number of ether oxygens (including phenoxy) is 3. The number of nitrogens with zero attached hydrogens (tertiary/aromatic N) is 4. The number of fused-ring (bicyclic) bond motifs is 2. The fourth-order valence-corrected chi connectivity index (χ4v) is 5.06. The summed E-state index contributed by atoms with van der Waals surface area (Å²) in [6, 6.07) is 10.5. The summed E-state index contributed by atoms with van der Waals surface area (Å²) < 4.78 is 21.8. The van der Waals surface area contributed by atoms with Gasteiger partial charge in [0, 0.05) is 30.9 Å². The van der Waals surface area contributed by atoms with Gasteiger partial charge >= 0.3 is 6.01 Å². The van der Waals surface area contributed by atoms with Gasteiger partial charge in [0.1, 0.15) is 22.4 Å². The number of hydrogen-bond acceptors (Lipinski definition) is 10. The molecule has 0 bridgehead atoms. The van der Waals surface area contributed by atoms with Gasteiger partial charge < -0.3 is 23.5 Å². The Balaban J connectivity index is 1.38. The molecule has 4 aromatic rings. The lowest BCUT2D eigenvalue weighted by molar-refractivity contribution is -0.127. The lowest BCUT2D eigenvalue weighted by atomic mass is 9.82. The molecule has 3 aromatic heterocycles. The number of aromatic nitrogens is 3. The highest BCUT2D eigenvalue weighted by atomic mass is 16.5. The first kappa shape index (κ1) is 24.3. The van der Waals surface area contributed by atoms with Crippen molar-refractivity contribution in [1.82, 2.24) is 25.2 Å². The number of rotatable bonds is 7. The van der Waals surface area contributed by atoms with Gasteiger partial charge in [-0.05, 0) is 29.8 Å². The van der Waals surface area contributed by atoms with Crippen molar-refractivity contribution in [3.8, 4) is 28.9 Å². The predicted octanol–water partition coefficient (Wildman–Crippen LogP) is 2.25. The molecule has 3 amide bonds. The Morgan fingerprint density at radius 3 is 2.56 bits per heavy atom. The lowest BCUT2D eigenvalue weighted by Gasteiger charge is -2.28. The maximum absolute atomic E-state index is 13.3. The van der Waals surface area contributed by atoms with E-state index in [1.165, 1.54) is 27.5 Å². The molecule has 0 unspecified atom stereocenters. The molecule has 1 aromatic carbocycles. The van der Waals surface area contributed by atoms with Crippen molar-refractivity contribution in [3.63, 3.8) is 0 Å². The molecule has 2 aliphatic heterocycles. The van der Waals surface area contributed by atoms with E-state index in [-0.39, 0.29) is 36.5 Å². The van der Waals surface area contributed by atoms with Crippen LogP contribution in [-0.4, -0.2) is 65.4 Å². The SMILES string of the molecule is COc1ccc2c(c1)C(=O)N(C[C@@]1(c3cc4nc(-c5cnc(OC)nc5OC)ccc4o3)CC(=O)NC1=O)C2. The molecular formula is C27H23N5O7. The molecule has 6 rings (SSSR count). The molecule has 1 atom stereocenters. The molecule has 1 fully saturated rings. The van der Waals surface area contributed by atoms with Crippen LogP contribution in [0.3, 0.4) is 0 Å². The first-order valence-electron chi connectivity index (χ1n) is 12.0. The summed E-state index contributed by atoms with van der Waals surface area (Å²) in [5, 5.41) is 2.38. The van der Waals surface area contributed by atoms with Crippen LogP contribution in [0.2, 0.25) is 0 Å². The van der Waals surface area contributed by atoms with Crippen LogP contribution in [0.15, 0.2) is 47.0 Å². The van der Waals surface area contributed by atoms with Gasteiger partial charge in [0.05, 0.1) is 39.0 Å². The Labute approximate surface area is 221 Å². The number of carbonyl (C=O) groups is 3. The van der Waals surface area contributed by atoms with Crippen LogP contribution in [0.25, 0.3) is 22.4 Å². The topological polar surface area (TPSA) is 146 Å². The molecule has 1 N–H and O–H groups in total. The van der Waals surface area contributed by atoms with Crippen molar-refractivity contribution in [2.45, 2.75) is 18.4 Å². The number of benzene rings is 1. The molecule has 1 saturated heterocycles. The number of hydrogen-bond donors (Lipinski definition) is 1. The Bertz CT molecular complexity index is 1670.